The quantitative estimate of drug-likeness (QED) is 0.695. The molecule has 1 saturated carbocycles. The van der Waals surface area contributed by atoms with Crippen LogP contribution in [0.5, 0.6) is 0 Å². The van der Waals surface area contributed by atoms with Crippen LogP contribution >= 0.6 is 0 Å². The largest absolute Gasteiger partial charge is 0.326 e. The first kappa shape index (κ1) is 10.4. The van der Waals surface area contributed by atoms with Gasteiger partial charge in [-0.05, 0) is 37.5 Å². The Labute approximate surface area is 87.8 Å². The van der Waals surface area contributed by atoms with E-state index in [0.29, 0.717) is 11.5 Å². The number of nitrogens with zero attached hydrogens (tertiary/aromatic N) is 1. The van der Waals surface area contributed by atoms with Gasteiger partial charge < -0.3 is 5.73 Å². The molecular weight excluding hydrogens is 172 g/mol. The van der Waals surface area contributed by atoms with Crippen LogP contribution in [0.15, 0.2) is 0 Å². The van der Waals surface area contributed by atoms with Crippen LogP contribution in [0.4, 0.5) is 0 Å². The van der Waals surface area contributed by atoms with Gasteiger partial charge in [0.15, 0.2) is 0 Å². The van der Waals surface area contributed by atoms with Crippen molar-refractivity contribution in [3.8, 4) is 0 Å². The van der Waals surface area contributed by atoms with Gasteiger partial charge in [-0.3, -0.25) is 4.90 Å². The van der Waals surface area contributed by atoms with Gasteiger partial charge in [0.2, 0.25) is 0 Å². The van der Waals surface area contributed by atoms with E-state index < -0.39 is 0 Å². The van der Waals surface area contributed by atoms with E-state index in [9.17, 15) is 0 Å². The second-order valence-corrected chi connectivity index (χ2v) is 5.94. The average molecular weight is 196 g/mol. The van der Waals surface area contributed by atoms with E-state index in [1.165, 1.54) is 38.6 Å². The molecule has 2 nitrogen and oxygen atoms in total. The van der Waals surface area contributed by atoms with Crippen LogP contribution in [0.2, 0.25) is 0 Å². The van der Waals surface area contributed by atoms with Crippen LogP contribution < -0.4 is 5.73 Å². The van der Waals surface area contributed by atoms with E-state index in [-0.39, 0.29) is 0 Å². The summed E-state index contributed by atoms with van der Waals surface area (Å²) in [4.78, 5) is 2.62. The summed E-state index contributed by atoms with van der Waals surface area (Å²) in [6, 6.07) is 1.29. The normalized spacial score (nSPS) is 34.9. The lowest BCUT2D eigenvalue weighted by Crippen LogP contribution is -2.39. The molecule has 0 radical (unpaired) electrons. The van der Waals surface area contributed by atoms with E-state index in [4.69, 9.17) is 5.73 Å². The lowest BCUT2D eigenvalue weighted by molar-refractivity contribution is 0.126. The Morgan fingerprint density at radius 3 is 2.29 bits per heavy atom. The number of nitrogens with two attached hydrogens (primary N) is 1. The molecule has 0 aromatic heterocycles. The topological polar surface area (TPSA) is 29.3 Å². The Kier molecular flexibility index (Phi) is 2.85. The highest BCUT2D eigenvalue weighted by Crippen LogP contribution is 2.37. The minimum atomic E-state index is 0.449. The van der Waals surface area contributed by atoms with Crippen molar-refractivity contribution in [2.75, 3.05) is 13.1 Å². The Hall–Kier alpha value is -0.0800. The average Bonchev–Trinajstić information content (AvgIpc) is 2.52. The van der Waals surface area contributed by atoms with Crippen molar-refractivity contribution in [2.45, 2.75) is 58.0 Å². The monoisotopic (exact) mass is 196 g/mol. The van der Waals surface area contributed by atoms with Crippen LogP contribution in [0.1, 0.15) is 46.0 Å². The molecule has 2 rings (SSSR count). The van der Waals surface area contributed by atoms with Crippen molar-refractivity contribution in [2.24, 2.45) is 11.1 Å². The summed E-state index contributed by atoms with van der Waals surface area (Å²) >= 11 is 0. The Morgan fingerprint density at radius 1 is 1.14 bits per heavy atom. The summed E-state index contributed by atoms with van der Waals surface area (Å²) in [6.07, 6.45) is 6.77. The van der Waals surface area contributed by atoms with Gasteiger partial charge in [0.05, 0.1) is 0 Å². The van der Waals surface area contributed by atoms with Gasteiger partial charge in [0.25, 0.3) is 0 Å². The van der Waals surface area contributed by atoms with Crippen LogP contribution in [-0.4, -0.2) is 30.1 Å². The highest BCUT2D eigenvalue weighted by Gasteiger charge is 2.32. The predicted molar refractivity (Wildman–Crippen MR) is 60.2 cm³/mol. The zero-order chi connectivity index (χ0) is 10.2. The lowest BCUT2D eigenvalue weighted by atomic mass is 9.75. The third-order valence-corrected chi connectivity index (χ3v) is 4.08. The summed E-state index contributed by atoms with van der Waals surface area (Å²) in [5.41, 5.74) is 6.54. The Morgan fingerprint density at radius 2 is 1.79 bits per heavy atom. The molecule has 0 aromatic carbocycles. The third kappa shape index (κ3) is 2.29. The zero-order valence-electron chi connectivity index (χ0n) is 9.63. The number of rotatable bonds is 1. The van der Waals surface area contributed by atoms with E-state index >= 15 is 0 Å². The van der Waals surface area contributed by atoms with Gasteiger partial charge >= 0.3 is 0 Å². The molecule has 2 heteroatoms. The standard InChI is InChI=1S/C12H24N2/c1-12(2)6-3-11(4-7-12)14-8-5-10(13)9-14/h10-11H,3-9,13H2,1-2H3/t10-/m1/s1. The number of hydrogen-bond acceptors (Lipinski definition) is 2. The maximum Gasteiger partial charge on any atom is 0.0180 e. The second kappa shape index (κ2) is 3.82. The maximum atomic E-state index is 5.94. The fourth-order valence-electron chi connectivity index (χ4n) is 2.90. The van der Waals surface area contributed by atoms with Crippen LogP contribution in [-0.2, 0) is 0 Å². The third-order valence-electron chi connectivity index (χ3n) is 4.08. The van der Waals surface area contributed by atoms with Crippen LogP contribution in [0.25, 0.3) is 0 Å². The molecule has 2 N–H and O–H groups in total. The van der Waals surface area contributed by atoms with Crippen molar-refractivity contribution in [1.29, 1.82) is 0 Å². The van der Waals surface area contributed by atoms with Crippen molar-refractivity contribution in [3.63, 3.8) is 0 Å². The Bertz CT molecular complexity index is 190. The summed E-state index contributed by atoms with van der Waals surface area (Å²) in [5.74, 6) is 0. The highest BCUT2D eigenvalue weighted by molar-refractivity contribution is 4.88. The summed E-state index contributed by atoms with van der Waals surface area (Å²) in [7, 11) is 0. The van der Waals surface area contributed by atoms with E-state index in [2.05, 4.69) is 18.7 Å². The molecule has 2 aliphatic rings. The van der Waals surface area contributed by atoms with Crippen molar-refractivity contribution < 1.29 is 0 Å². The number of likely N-dealkylation sites (tertiary alicyclic amines) is 1. The summed E-state index contributed by atoms with van der Waals surface area (Å²) in [6.45, 7) is 7.19. The fourth-order valence-corrected chi connectivity index (χ4v) is 2.90. The Balaban J connectivity index is 1.83. The smallest absolute Gasteiger partial charge is 0.0180 e. The summed E-state index contributed by atoms with van der Waals surface area (Å²) < 4.78 is 0. The molecular formula is C12H24N2. The first-order valence-electron chi connectivity index (χ1n) is 6.06. The van der Waals surface area contributed by atoms with Gasteiger partial charge in [0, 0.05) is 25.2 Å². The fraction of sp³-hybridized carbons (Fsp3) is 1.00. The van der Waals surface area contributed by atoms with Crippen molar-refractivity contribution in [3.05, 3.63) is 0 Å². The first-order chi connectivity index (χ1) is 6.57. The van der Waals surface area contributed by atoms with Gasteiger partial charge in [-0.15, -0.1) is 0 Å². The van der Waals surface area contributed by atoms with E-state index in [1.54, 1.807) is 0 Å². The minimum Gasteiger partial charge on any atom is -0.326 e. The molecule has 1 atom stereocenters. The minimum absolute atomic E-state index is 0.449. The molecule has 1 aliphatic heterocycles. The van der Waals surface area contributed by atoms with Crippen LogP contribution in [0.3, 0.4) is 0 Å². The van der Waals surface area contributed by atoms with Gasteiger partial charge in [-0.2, -0.15) is 0 Å². The van der Waals surface area contributed by atoms with Gasteiger partial charge in [-0.25, -0.2) is 0 Å². The molecule has 2 fully saturated rings. The molecule has 0 bridgehead atoms. The molecule has 14 heavy (non-hydrogen) atoms. The van der Waals surface area contributed by atoms with Crippen molar-refractivity contribution >= 4 is 0 Å². The molecule has 0 spiro atoms. The van der Waals surface area contributed by atoms with Crippen molar-refractivity contribution in [1.82, 2.24) is 4.90 Å². The maximum absolute atomic E-state index is 5.94. The number of hydrogen-bond donors (Lipinski definition) is 1. The second-order valence-electron chi connectivity index (χ2n) is 5.94. The lowest BCUT2D eigenvalue weighted by Gasteiger charge is -2.38. The predicted octanol–water partition coefficient (Wildman–Crippen LogP) is 1.99. The molecule has 0 aromatic rings. The van der Waals surface area contributed by atoms with E-state index in [1.807, 2.05) is 0 Å². The summed E-state index contributed by atoms with van der Waals surface area (Å²) in [5, 5.41) is 0. The highest BCUT2D eigenvalue weighted by atomic mass is 15.2. The molecule has 1 heterocycles. The molecule has 0 unspecified atom stereocenters. The van der Waals surface area contributed by atoms with Gasteiger partial charge in [-0.1, -0.05) is 13.8 Å². The zero-order valence-corrected chi connectivity index (χ0v) is 9.63. The van der Waals surface area contributed by atoms with Gasteiger partial charge in [0.1, 0.15) is 0 Å². The van der Waals surface area contributed by atoms with E-state index in [0.717, 1.165) is 12.6 Å². The molecule has 1 saturated heterocycles. The van der Waals surface area contributed by atoms with Crippen LogP contribution in [0, 0.1) is 5.41 Å². The molecule has 0 amide bonds. The first-order valence-corrected chi connectivity index (χ1v) is 6.06. The molecule has 82 valence electrons. The molecule has 1 aliphatic carbocycles. The SMILES string of the molecule is CC1(C)CCC(N2CC[C@@H](N)C2)CC1.